The van der Waals surface area contributed by atoms with Gasteiger partial charge in [0.25, 0.3) is 0 Å². The van der Waals surface area contributed by atoms with Gasteiger partial charge in [-0.25, -0.2) is 4.79 Å². The van der Waals surface area contributed by atoms with Crippen molar-refractivity contribution in [3.8, 4) is 0 Å². The van der Waals surface area contributed by atoms with Crippen LogP contribution in [0.1, 0.15) is 52.5 Å². The number of aromatic amines is 1. The largest absolute Gasteiger partial charge is 0.480 e. The molecule has 4 unspecified atom stereocenters. The topological polar surface area (TPSA) is 209 Å². The average molecular weight is 545 g/mol. The first-order valence-electron chi connectivity index (χ1n) is 13.0. The van der Waals surface area contributed by atoms with Crippen LogP contribution in [0.3, 0.4) is 0 Å². The monoisotopic (exact) mass is 544 g/mol. The molecule has 0 saturated heterocycles. The van der Waals surface area contributed by atoms with Crippen LogP contribution in [0, 0.1) is 11.8 Å². The predicted octanol–water partition coefficient (Wildman–Crippen LogP) is 0.544. The van der Waals surface area contributed by atoms with Gasteiger partial charge >= 0.3 is 5.97 Å². The minimum absolute atomic E-state index is 0.00104. The van der Waals surface area contributed by atoms with Crippen molar-refractivity contribution in [2.24, 2.45) is 23.3 Å². The lowest BCUT2D eigenvalue weighted by Gasteiger charge is -2.26. The summed E-state index contributed by atoms with van der Waals surface area (Å²) < 4.78 is 0. The van der Waals surface area contributed by atoms with E-state index in [9.17, 15) is 29.1 Å². The van der Waals surface area contributed by atoms with Crippen LogP contribution in [0.15, 0.2) is 30.5 Å². The standard InChI is InChI=1S/C27H40N6O6/c1-14(2)11-21(32-24(35)18(28)12-16-13-30-19-8-6-5-7-17(16)19)26(37)31-20(9-10-22(29)34)25(36)33-23(15(3)4)27(38)39/h5-8,13-15,18,20-21,23,30H,9-12,28H2,1-4H3,(H2,29,34)(H,31,37)(H,32,35)(H,33,36)(H,38,39). The number of amides is 4. The number of rotatable bonds is 15. The zero-order chi connectivity index (χ0) is 29.3. The Morgan fingerprint density at radius 3 is 2.13 bits per heavy atom. The third-order valence-corrected chi connectivity index (χ3v) is 6.33. The first kappa shape index (κ1) is 31.3. The molecule has 0 aliphatic carbocycles. The van der Waals surface area contributed by atoms with E-state index in [0.29, 0.717) is 0 Å². The minimum atomic E-state index is -1.24. The van der Waals surface area contributed by atoms with Crippen molar-refractivity contribution < 1.29 is 29.1 Å². The van der Waals surface area contributed by atoms with Gasteiger partial charge in [0.2, 0.25) is 23.6 Å². The van der Waals surface area contributed by atoms with Crippen molar-refractivity contribution in [2.75, 3.05) is 0 Å². The van der Waals surface area contributed by atoms with E-state index < -0.39 is 59.7 Å². The van der Waals surface area contributed by atoms with Gasteiger partial charge in [0, 0.05) is 23.5 Å². The van der Waals surface area contributed by atoms with Crippen LogP contribution in [0.2, 0.25) is 0 Å². The molecule has 0 aliphatic heterocycles. The maximum absolute atomic E-state index is 13.3. The summed E-state index contributed by atoms with van der Waals surface area (Å²) in [5.41, 5.74) is 13.2. The number of benzene rings is 1. The predicted molar refractivity (Wildman–Crippen MR) is 146 cm³/mol. The van der Waals surface area contributed by atoms with Crippen molar-refractivity contribution in [3.05, 3.63) is 36.0 Å². The maximum atomic E-state index is 13.3. The quantitative estimate of drug-likeness (QED) is 0.169. The van der Waals surface area contributed by atoms with Crippen molar-refractivity contribution in [1.29, 1.82) is 0 Å². The molecule has 4 amide bonds. The second kappa shape index (κ2) is 14.3. The van der Waals surface area contributed by atoms with Crippen LogP contribution in [0.25, 0.3) is 10.9 Å². The van der Waals surface area contributed by atoms with Gasteiger partial charge in [-0.2, -0.15) is 0 Å². The smallest absolute Gasteiger partial charge is 0.326 e. The van der Waals surface area contributed by atoms with E-state index in [2.05, 4.69) is 20.9 Å². The molecule has 0 saturated carbocycles. The Kier molecular flexibility index (Phi) is 11.5. The Bertz CT molecular complexity index is 1180. The number of para-hydroxylation sites is 1. The van der Waals surface area contributed by atoms with Gasteiger partial charge in [0.05, 0.1) is 6.04 Å². The summed E-state index contributed by atoms with van der Waals surface area (Å²) in [6.45, 7) is 7.00. The van der Waals surface area contributed by atoms with Gasteiger partial charge < -0.3 is 37.5 Å². The lowest BCUT2D eigenvalue weighted by molar-refractivity contribution is -0.143. The molecule has 39 heavy (non-hydrogen) atoms. The third kappa shape index (κ3) is 9.40. The van der Waals surface area contributed by atoms with Gasteiger partial charge in [-0.1, -0.05) is 45.9 Å². The summed E-state index contributed by atoms with van der Waals surface area (Å²) in [5, 5.41) is 18.0. The van der Waals surface area contributed by atoms with Crippen molar-refractivity contribution in [1.82, 2.24) is 20.9 Å². The summed E-state index contributed by atoms with van der Waals surface area (Å²) >= 11 is 0. The molecule has 0 spiro atoms. The van der Waals surface area contributed by atoms with E-state index in [-0.39, 0.29) is 31.6 Å². The highest BCUT2D eigenvalue weighted by atomic mass is 16.4. The number of aliphatic carboxylic acids is 1. The second-order valence-corrected chi connectivity index (χ2v) is 10.5. The molecule has 9 N–H and O–H groups in total. The third-order valence-electron chi connectivity index (χ3n) is 6.33. The fraction of sp³-hybridized carbons (Fsp3) is 0.519. The number of nitrogens with one attached hydrogen (secondary N) is 4. The number of hydrogen-bond donors (Lipinski definition) is 7. The highest BCUT2D eigenvalue weighted by Crippen LogP contribution is 2.19. The molecule has 2 rings (SSSR count). The van der Waals surface area contributed by atoms with Gasteiger partial charge in [-0.05, 0) is 42.7 Å². The number of carbonyl (C=O) groups is 5. The fourth-order valence-corrected chi connectivity index (χ4v) is 4.21. The Hall–Kier alpha value is -3.93. The summed E-state index contributed by atoms with van der Waals surface area (Å²) in [7, 11) is 0. The summed E-state index contributed by atoms with van der Waals surface area (Å²) in [6, 6.07) is 3.23. The first-order chi connectivity index (χ1) is 18.3. The van der Waals surface area contributed by atoms with Crippen LogP contribution >= 0.6 is 0 Å². The number of nitrogens with two attached hydrogens (primary N) is 2. The van der Waals surface area contributed by atoms with Crippen LogP contribution in [-0.2, 0) is 30.4 Å². The fourth-order valence-electron chi connectivity index (χ4n) is 4.21. The molecule has 0 radical (unpaired) electrons. The number of fused-ring (bicyclic) bond motifs is 1. The molecular formula is C27H40N6O6. The van der Waals surface area contributed by atoms with Gasteiger partial charge in [-0.15, -0.1) is 0 Å². The average Bonchev–Trinajstić information content (AvgIpc) is 3.26. The zero-order valence-corrected chi connectivity index (χ0v) is 22.8. The molecule has 0 bridgehead atoms. The van der Waals surface area contributed by atoms with Crippen LogP contribution in [-0.4, -0.2) is 63.9 Å². The van der Waals surface area contributed by atoms with E-state index >= 15 is 0 Å². The molecule has 12 nitrogen and oxygen atoms in total. The number of hydrogen-bond acceptors (Lipinski definition) is 6. The summed E-state index contributed by atoms with van der Waals surface area (Å²) in [5.74, 6) is -4.30. The van der Waals surface area contributed by atoms with Crippen LogP contribution < -0.4 is 27.4 Å². The van der Waals surface area contributed by atoms with E-state index in [4.69, 9.17) is 11.5 Å². The number of carboxylic acid groups (broad SMARTS) is 1. The SMILES string of the molecule is CC(C)CC(NC(=O)C(N)Cc1c[nH]c2ccccc12)C(=O)NC(CCC(N)=O)C(=O)NC(C(=O)O)C(C)C. The minimum Gasteiger partial charge on any atom is -0.480 e. The number of carbonyl (C=O) groups excluding carboxylic acids is 4. The van der Waals surface area contributed by atoms with Crippen LogP contribution in [0.5, 0.6) is 0 Å². The lowest BCUT2D eigenvalue weighted by atomic mass is 10.00. The van der Waals surface area contributed by atoms with Crippen molar-refractivity contribution in [2.45, 2.75) is 77.5 Å². The molecule has 1 aromatic heterocycles. The number of primary amides is 1. The van der Waals surface area contributed by atoms with E-state index in [1.54, 1.807) is 20.0 Å². The summed E-state index contributed by atoms with van der Waals surface area (Å²) in [6.07, 6.45) is 1.93. The molecule has 1 aromatic carbocycles. The van der Waals surface area contributed by atoms with Gasteiger partial charge in [0.15, 0.2) is 0 Å². The van der Waals surface area contributed by atoms with E-state index in [0.717, 1.165) is 16.5 Å². The maximum Gasteiger partial charge on any atom is 0.326 e. The molecule has 1 heterocycles. The highest BCUT2D eigenvalue weighted by molar-refractivity contribution is 5.94. The molecular weight excluding hydrogens is 504 g/mol. The lowest BCUT2D eigenvalue weighted by Crippen LogP contribution is -2.58. The van der Waals surface area contributed by atoms with E-state index in [1.165, 1.54) is 0 Å². The number of aromatic nitrogens is 1. The Labute approximate surface area is 227 Å². The first-order valence-corrected chi connectivity index (χ1v) is 13.0. The zero-order valence-electron chi connectivity index (χ0n) is 22.8. The molecule has 0 fully saturated rings. The Morgan fingerprint density at radius 1 is 0.923 bits per heavy atom. The molecule has 2 aromatic rings. The normalized spacial score (nSPS) is 14.4. The Morgan fingerprint density at radius 2 is 1.54 bits per heavy atom. The second-order valence-electron chi connectivity index (χ2n) is 10.5. The van der Waals surface area contributed by atoms with Gasteiger partial charge in [-0.3, -0.25) is 19.2 Å². The Balaban J connectivity index is 2.15. The van der Waals surface area contributed by atoms with Crippen LogP contribution in [0.4, 0.5) is 0 Å². The molecule has 0 aliphatic rings. The number of H-pyrrole nitrogens is 1. The summed E-state index contributed by atoms with van der Waals surface area (Å²) in [4.78, 5) is 65.2. The molecule has 214 valence electrons. The molecule has 12 heteroatoms. The van der Waals surface area contributed by atoms with E-state index in [1.807, 2.05) is 38.1 Å². The highest BCUT2D eigenvalue weighted by Gasteiger charge is 2.32. The van der Waals surface area contributed by atoms with Crippen molar-refractivity contribution in [3.63, 3.8) is 0 Å². The van der Waals surface area contributed by atoms with Crippen molar-refractivity contribution >= 4 is 40.5 Å². The number of carboxylic acids is 1. The van der Waals surface area contributed by atoms with Gasteiger partial charge in [0.1, 0.15) is 18.1 Å². The molecule has 4 atom stereocenters.